The second-order valence-corrected chi connectivity index (χ2v) is 3.92. The molecule has 0 spiro atoms. The van der Waals surface area contributed by atoms with Crippen molar-refractivity contribution in [3.05, 3.63) is 42.1 Å². The van der Waals surface area contributed by atoms with Gasteiger partial charge in [0.15, 0.2) is 0 Å². The lowest BCUT2D eigenvalue weighted by Gasteiger charge is -2.05. The van der Waals surface area contributed by atoms with E-state index in [9.17, 15) is 5.11 Å². The SMILES string of the molecule is CC(O)CCc1ccc2cccnc2c1. The van der Waals surface area contributed by atoms with Crippen LogP contribution in [0.25, 0.3) is 10.9 Å². The van der Waals surface area contributed by atoms with Gasteiger partial charge in [0.25, 0.3) is 0 Å². The van der Waals surface area contributed by atoms with E-state index in [-0.39, 0.29) is 6.10 Å². The third-order valence-electron chi connectivity index (χ3n) is 2.52. The molecule has 1 aromatic heterocycles. The molecule has 78 valence electrons. The van der Waals surface area contributed by atoms with Crippen molar-refractivity contribution in [2.75, 3.05) is 0 Å². The summed E-state index contributed by atoms with van der Waals surface area (Å²) >= 11 is 0. The Kier molecular flexibility index (Phi) is 2.97. The van der Waals surface area contributed by atoms with Crippen LogP contribution in [-0.2, 0) is 6.42 Å². The largest absolute Gasteiger partial charge is 0.393 e. The van der Waals surface area contributed by atoms with Crippen molar-refractivity contribution in [2.45, 2.75) is 25.9 Å². The molecule has 1 aromatic carbocycles. The fraction of sp³-hybridized carbons (Fsp3) is 0.308. The summed E-state index contributed by atoms with van der Waals surface area (Å²) in [6.45, 7) is 1.82. The number of aromatic nitrogens is 1. The third kappa shape index (κ3) is 2.54. The van der Waals surface area contributed by atoms with Gasteiger partial charge < -0.3 is 5.11 Å². The van der Waals surface area contributed by atoms with Gasteiger partial charge in [-0.1, -0.05) is 18.2 Å². The molecule has 2 nitrogen and oxygen atoms in total. The van der Waals surface area contributed by atoms with Gasteiger partial charge in [-0.05, 0) is 37.5 Å². The summed E-state index contributed by atoms with van der Waals surface area (Å²) in [6.07, 6.45) is 3.29. The number of rotatable bonds is 3. The molecule has 0 aliphatic rings. The molecular formula is C13H15NO. The highest BCUT2D eigenvalue weighted by molar-refractivity contribution is 5.78. The number of fused-ring (bicyclic) bond motifs is 1. The van der Waals surface area contributed by atoms with Crippen LogP contribution < -0.4 is 0 Å². The van der Waals surface area contributed by atoms with E-state index in [1.165, 1.54) is 10.9 Å². The number of benzene rings is 1. The van der Waals surface area contributed by atoms with Gasteiger partial charge in [0.05, 0.1) is 11.6 Å². The Hall–Kier alpha value is -1.41. The number of hydrogen-bond acceptors (Lipinski definition) is 2. The fourth-order valence-electron chi connectivity index (χ4n) is 1.64. The van der Waals surface area contributed by atoms with Crippen molar-refractivity contribution in [1.29, 1.82) is 0 Å². The van der Waals surface area contributed by atoms with Gasteiger partial charge >= 0.3 is 0 Å². The second-order valence-electron chi connectivity index (χ2n) is 3.92. The molecular weight excluding hydrogens is 186 g/mol. The topological polar surface area (TPSA) is 33.1 Å². The molecule has 2 heteroatoms. The first-order chi connectivity index (χ1) is 7.25. The Morgan fingerprint density at radius 3 is 3.00 bits per heavy atom. The number of nitrogens with zero attached hydrogens (tertiary/aromatic N) is 1. The predicted octanol–water partition coefficient (Wildman–Crippen LogP) is 2.55. The molecule has 2 aromatic rings. The smallest absolute Gasteiger partial charge is 0.0704 e. The molecule has 1 N–H and O–H groups in total. The Balaban J connectivity index is 2.23. The molecule has 0 fully saturated rings. The average molecular weight is 201 g/mol. The van der Waals surface area contributed by atoms with Crippen LogP contribution in [0.2, 0.25) is 0 Å². The number of hydrogen-bond donors (Lipinski definition) is 1. The summed E-state index contributed by atoms with van der Waals surface area (Å²) in [4.78, 5) is 4.31. The first-order valence-electron chi connectivity index (χ1n) is 5.27. The maximum atomic E-state index is 9.21. The van der Waals surface area contributed by atoms with Crippen LogP contribution in [-0.4, -0.2) is 16.2 Å². The minimum Gasteiger partial charge on any atom is -0.393 e. The zero-order valence-electron chi connectivity index (χ0n) is 8.85. The van der Waals surface area contributed by atoms with Crippen LogP contribution in [0.5, 0.6) is 0 Å². The van der Waals surface area contributed by atoms with E-state index in [2.05, 4.69) is 29.2 Å². The fourth-order valence-corrected chi connectivity index (χ4v) is 1.64. The molecule has 0 aliphatic carbocycles. The van der Waals surface area contributed by atoms with Crippen molar-refractivity contribution < 1.29 is 5.11 Å². The molecule has 0 saturated heterocycles. The van der Waals surface area contributed by atoms with Gasteiger partial charge in [-0.3, -0.25) is 4.98 Å². The number of aliphatic hydroxyl groups is 1. The lowest BCUT2D eigenvalue weighted by molar-refractivity contribution is 0.185. The van der Waals surface area contributed by atoms with Crippen molar-refractivity contribution in [1.82, 2.24) is 4.98 Å². The number of aryl methyl sites for hydroxylation is 1. The van der Waals surface area contributed by atoms with Crippen LogP contribution in [0, 0.1) is 0 Å². The number of pyridine rings is 1. The van der Waals surface area contributed by atoms with E-state index < -0.39 is 0 Å². The highest BCUT2D eigenvalue weighted by atomic mass is 16.3. The Morgan fingerprint density at radius 2 is 2.20 bits per heavy atom. The molecule has 1 unspecified atom stereocenters. The normalized spacial score (nSPS) is 12.9. The maximum Gasteiger partial charge on any atom is 0.0704 e. The Morgan fingerprint density at radius 1 is 1.33 bits per heavy atom. The van der Waals surface area contributed by atoms with E-state index in [4.69, 9.17) is 0 Å². The predicted molar refractivity (Wildman–Crippen MR) is 61.7 cm³/mol. The lowest BCUT2D eigenvalue weighted by Crippen LogP contribution is -2.01. The molecule has 0 bridgehead atoms. The molecule has 1 atom stereocenters. The van der Waals surface area contributed by atoms with Crippen molar-refractivity contribution in [3.8, 4) is 0 Å². The number of aliphatic hydroxyl groups excluding tert-OH is 1. The minimum atomic E-state index is -0.232. The summed E-state index contributed by atoms with van der Waals surface area (Å²) < 4.78 is 0. The van der Waals surface area contributed by atoms with E-state index in [1.807, 2.05) is 13.0 Å². The lowest BCUT2D eigenvalue weighted by atomic mass is 10.1. The van der Waals surface area contributed by atoms with Crippen molar-refractivity contribution in [3.63, 3.8) is 0 Å². The first kappa shape index (κ1) is 10.1. The summed E-state index contributed by atoms with van der Waals surface area (Å²) in [5.74, 6) is 0. The van der Waals surface area contributed by atoms with E-state index >= 15 is 0 Å². The average Bonchev–Trinajstić information content (AvgIpc) is 2.26. The van der Waals surface area contributed by atoms with Crippen LogP contribution in [0.1, 0.15) is 18.9 Å². The van der Waals surface area contributed by atoms with E-state index in [0.29, 0.717) is 0 Å². The highest BCUT2D eigenvalue weighted by Crippen LogP contribution is 2.14. The van der Waals surface area contributed by atoms with Gasteiger partial charge in [0.1, 0.15) is 0 Å². The molecule has 0 amide bonds. The van der Waals surface area contributed by atoms with Crippen LogP contribution in [0.4, 0.5) is 0 Å². The zero-order chi connectivity index (χ0) is 10.7. The van der Waals surface area contributed by atoms with Crippen LogP contribution in [0.15, 0.2) is 36.5 Å². The summed E-state index contributed by atoms with van der Waals surface area (Å²) in [6, 6.07) is 10.3. The monoisotopic (exact) mass is 201 g/mol. The van der Waals surface area contributed by atoms with Gasteiger partial charge in [0, 0.05) is 11.6 Å². The summed E-state index contributed by atoms with van der Waals surface area (Å²) in [7, 11) is 0. The molecule has 0 radical (unpaired) electrons. The molecule has 1 heterocycles. The second kappa shape index (κ2) is 4.41. The van der Waals surface area contributed by atoms with E-state index in [0.717, 1.165) is 18.4 Å². The van der Waals surface area contributed by atoms with Crippen molar-refractivity contribution in [2.24, 2.45) is 0 Å². The van der Waals surface area contributed by atoms with Crippen molar-refractivity contribution >= 4 is 10.9 Å². The van der Waals surface area contributed by atoms with Crippen LogP contribution in [0.3, 0.4) is 0 Å². The van der Waals surface area contributed by atoms with Crippen LogP contribution >= 0.6 is 0 Å². The highest BCUT2D eigenvalue weighted by Gasteiger charge is 1.99. The third-order valence-corrected chi connectivity index (χ3v) is 2.52. The zero-order valence-corrected chi connectivity index (χ0v) is 8.85. The van der Waals surface area contributed by atoms with Gasteiger partial charge in [-0.25, -0.2) is 0 Å². The first-order valence-corrected chi connectivity index (χ1v) is 5.27. The quantitative estimate of drug-likeness (QED) is 0.827. The summed E-state index contributed by atoms with van der Waals surface area (Å²) in [5.41, 5.74) is 2.27. The molecule has 0 saturated carbocycles. The van der Waals surface area contributed by atoms with Gasteiger partial charge in [-0.2, -0.15) is 0 Å². The summed E-state index contributed by atoms with van der Waals surface area (Å²) in [5, 5.41) is 10.4. The standard InChI is InChI=1S/C13H15NO/c1-10(15)4-5-11-6-7-12-3-2-8-14-13(12)9-11/h2-3,6-10,15H,4-5H2,1H3. The van der Waals surface area contributed by atoms with Gasteiger partial charge in [0.2, 0.25) is 0 Å². The minimum absolute atomic E-state index is 0.232. The molecule has 0 aliphatic heterocycles. The van der Waals surface area contributed by atoms with E-state index in [1.54, 1.807) is 6.20 Å². The maximum absolute atomic E-state index is 9.21. The molecule has 15 heavy (non-hydrogen) atoms. The Labute approximate surface area is 89.6 Å². The molecule has 2 rings (SSSR count). The van der Waals surface area contributed by atoms with Gasteiger partial charge in [-0.15, -0.1) is 0 Å². The Bertz CT molecular complexity index is 451.